The molecule has 0 bridgehead atoms. The van der Waals surface area contributed by atoms with Gasteiger partial charge in [0.25, 0.3) is 0 Å². The summed E-state index contributed by atoms with van der Waals surface area (Å²) in [5.74, 6) is 0. The Labute approximate surface area is 74.2 Å². The summed E-state index contributed by atoms with van der Waals surface area (Å²) in [6, 6.07) is 0. The fourth-order valence-corrected chi connectivity index (χ4v) is 0. The second-order valence-corrected chi connectivity index (χ2v) is 0. The van der Waals surface area contributed by atoms with E-state index in [9.17, 15) is 0 Å². The van der Waals surface area contributed by atoms with Gasteiger partial charge in [0, 0.05) is 51.2 Å². The second kappa shape index (κ2) is 18.3. The van der Waals surface area contributed by atoms with Crippen LogP contribution >= 0.6 is 0 Å². The van der Waals surface area contributed by atoms with Gasteiger partial charge in [-0.15, -0.1) is 0 Å². The average Bonchev–Trinajstić information content (AvgIpc) is 0. The van der Waals surface area contributed by atoms with Gasteiger partial charge in [-0.05, 0) is 0 Å². The molecule has 0 amide bonds. The van der Waals surface area contributed by atoms with Crippen LogP contribution in [-0.4, -0.2) is 23.9 Å². The summed E-state index contributed by atoms with van der Waals surface area (Å²) in [4.78, 5) is 0. The summed E-state index contributed by atoms with van der Waals surface area (Å²) in [7, 11) is 0. The molecule has 4 heteroatoms. The third kappa shape index (κ3) is 8.84. The first kappa shape index (κ1) is 32.8. The fraction of sp³-hybridized carbons (Fsp3) is 0. The van der Waals surface area contributed by atoms with Crippen LogP contribution in [0, 0.1) is 0 Å². The van der Waals surface area contributed by atoms with Crippen molar-refractivity contribution in [3.8, 4) is 0 Å². The van der Waals surface area contributed by atoms with Crippen molar-refractivity contribution in [2.45, 2.75) is 0 Å². The SMILES string of the molecule is [Fe].[Fe].[Fe].[SnH2]. The van der Waals surface area contributed by atoms with Crippen molar-refractivity contribution in [1.29, 1.82) is 0 Å². The number of rotatable bonds is 0. The fourth-order valence-electron chi connectivity index (χ4n) is 0. The summed E-state index contributed by atoms with van der Waals surface area (Å²) in [6.07, 6.45) is 0. The van der Waals surface area contributed by atoms with Crippen LogP contribution in [0.15, 0.2) is 0 Å². The Morgan fingerprint density at radius 1 is 0.500 bits per heavy atom. The Bertz CT molecular complexity index is 3.25. The molecule has 30 valence electrons. The van der Waals surface area contributed by atoms with Crippen molar-refractivity contribution in [3.05, 3.63) is 0 Å². The van der Waals surface area contributed by atoms with E-state index in [0.29, 0.717) is 0 Å². The van der Waals surface area contributed by atoms with Crippen molar-refractivity contribution in [3.63, 3.8) is 0 Å². The van der Waals surface area contributed by atoms with E-state index in [1.54, 1.807) is 0 Å². The van der Waals surface area contributed by atoms with Crippen LogP contribution in [0.25, 0.3) is 0 Å². The van der Waals surface area contributed by atoms with Crippen LogP contribution in [0.2, 0.25) is 0 Å². The average molecular weight is 288 g/mol. The zero-order valence-corrected chi connectivity index (χ0v) is 9.12. The molecule has 0 aliphatic rings. The van der Waals surface area contributed by atoms with Gasteiger partial charge in [0.05, 0.1) is 0 Å². The summed E-state index contributed by atoms with van der Waals surface area (Å²) >= 11 is 0. The Morgan fingerprint density at radius 2 is 0.500 bits per heavy atom. The molecule has 0 saturated carbocycles. The number of hydrogen-bond acceptors (Lipinski definition) is 0. The molecule has 2 radical (unpaired) electrons. The van der Waals surface area contributed by atoms with Crippen LogP contribution < -0.4 is 0 Å². The molecular weight excluding hydrogens is 286 g/mol. The maximum absolute atomic E-state index is 0. The van der Waals surface area contributed by atoms with E-state index < -0.39 is 0 Å². The molecule has 0 aromatic carbocycles. The second-order valence-electron chi connectivity index (χ2n) is 0. The monoisotopic (exact) mass is 290 g/mol. The van der Waals surface area contributed by atoms with Gasteiger partial charge >= 0.3 is 23.9 Å². The van der Waals surface area contributed by atoms with Gasteiger partial charge in [-0.3, -0.25) is 0 Å². The molecular formula is H2Fe3Sn. The topological polar surface area (TPSA) is 0 Å². The molecule has 0 aliphatic heterocycles. The quantitative estimate of drug-likeness (QED) is 0.506. The molecule has 0 N–H and O–H groups in total. The molecule has 0 aliphatic carbocycles. The zero-order valence-electron chi connectivity index (χ0n) is 1.77. The van der Waals surface area contributed by atoms with Crippen LogP contribution in [0.3, 0.4) is 0 Å². The Balaban J connectivity index is 0. The number of hydrogen-bond donors (Lipinski definition) is 0. The molecule has 0 nitrogen and oxygen atoms in total. The first-order valence-corrected chi connectivity index (χ1v) is 0. The van der Waals surface area contributed by atoms with E-state index in [4.69, 9.17) is 0 Å². The van der Waals surface area contributed by atoms with Gasteiger partial charge in [0.15, 0.2) is 0 Å². The molecule has 0 aromatic rings. The molecule has 0 rings (SSSR count). The standard InChI is InChI=1S/3Fe.Sn.2H. The van der Waals surface area contributed by atoms with E-state index >= 15 is 0 Å². The normalized spacial score (nSPS) is 0. The Kier molecular flexibility index (Phi) is 150. The zero-order chi connectivity index (χ0) is 0. The predicted octanol–water partition coefficient (Wildman–Crippen LogP) is -0.924. The Morgan fingerprint density at radius 3 is 0.500 bits per heavy atom. The van der Waals surface area contributed by atoms with E-state index in [2.05, 4.69) is 0 Å². The van der Waals surface area contributed by atoms with Crippen LogP contribution in [-0.2, 0) is 51.2 Å². The van der Waals surface area contributed by atoms with Crippen LogP contribution in [0.1, 0.15) is 0 Å². The van der Waals surface area contributed by atoms with Gasteiger partial charge < -0.3 is 0 Å². The van der Waals surface area contributed by atoms with E-state index in [1.165, 1.54) is 0 Å². The summed E-state index contributed by atoms with van der Waals surface area (Å²) in [5.41, 5.74) is 0. The van der Waals surface area contributed by atoms with Crippen molar-refractivity contribution in [2.24, 2.45) is 0 Å². The van der Waals surface area contributed by atoms with E-state index in [1.807, 2.05) is 0 Å². The molecule has 0 fully saturated rings. The molecule has 0 atom stereocenters. The van der Waals surface area contributed by atoms with E-state index in [-0.39, 0.29) is 75.1 Å². The molecule has 0 heterocycles. The van der Waals surface area contributed by atoms with E-state index in [0.717, 1.165) is 0 Å². The summed E-state index contributed by atoms with van der Waals surface area (Å²) in [5, 5.41) is 0. The van der Waals surface area contributed by atoms with Crippen LogP contribution in [0.4, 0.5) is 0 Å². The molecule has 0 aromatic heterocycles. The van der Waals surface area contributed by atoms with Crippen molar-refractivity contribution < 1.29 is 51.2 Å². The molecule has 0 unspecified atom stereocenters. The minimum atomic E-state index is 0. The third-order valence-corrected chi connectivity index (χ3v) is 0. The third-order valence-electron chi connectivity index (χ3n) is 0. The maximum atomic E-state index is 0. The summed E-state index contributed by atoms with van der Waals surface area (Å²) < 4.78 is 0. The minimum absolute atomic E-state index is 0. The van der Waals surface area contributed by atoms with Gasteiger partial charge in [0.1, 0.15) is 0 Å². The molecule has 0 saturated heterocycles. The van der Waals surface area contributed by atoms with Gasteiger partial charge in [-0.1, -0.05) is 0 Å². The van der Waals surface area contributed by atoms with Gasteiger partial charge in [0.2, 0.25) is 0 Å². The predicted molar refractivity (Wildman–Crippen MR) is 8.54 cm³/mol. The van der Waals surface area contributed by atoms with Crippen LogP contribution in [0.5, 0.6) is 0 Å². The first-order chi connectivity index (χ1) is 0. The first-order valence-electron chi connectivity index (χ1n) is 0. The van der Waals surface area contributed by atoms with Crippen molar-refractivity contribution in [2.75, 3.05) is 0 Å². The van der Waals surface area contributed by atoms with Crippen molar-refractivity contribution in [1.82, 2.24) is 0 Å². The summed E-state index contributed by atoms with van der Waals surface area (Å²) in [6.45, 7) is 0. The Hall–Kier alpha value is 2.36. The van der Waals surface area contributed by atoms with Gasteiger partial charge in [-0.25, -0.2) is 0 Å². The molecule has 0 spiro atoms. The molecule has 4 heavy (non-hydrogen) atoms. The van der Waals surface area contributed by atoms with Gasteiger partial charge in [-0.2, -0.15) is 0 Å². The van der Waals surface area contributed by atoms with Crippen molar-refractivity contribution >= 4 is 23.9 Å².